The summed E-state index contributed by atoms with van der Waals surface area (Å²) in [5, 5.41) is 8.48. The fraction of sp³-hybridized carbons (Fsp3) is 0.323. The molecule has 0 spiro atoms. The Kier molecular flexibility index (Phi) is 13.2. The van der Waals surface area contributed by atoms with Gasteiger partial charge in [0.25, 0.3) is 0 Å². The topological polar surface area (TPSA) is 126 Å². The quantitative estimate of drug-likeness (QED) is 0.121. The Balaban J connectivity index is 1.70. The molecule has 2 atom stereocenters. The van der Waals surface area contributed by atoms with Crippen molar-refractivity contribution >= 4 is 41.3 Å². The number of nitrogens with zero attached hydrogens (tertiary/aromatic N) is 1. The zero-order valence-corrected chi connectivity index (χ0v) is 24.7. The van der Waals surface area contributed by atoms with Crippen LogP contribution in [0.25, 0.3) is 11.1 Å². The number of rotatable bonds is 15. The zero-order valence-electron chi connectivity index (χ0n) is 23.9. The van der Waals surface area contributed by atoms with E-state index in [0.717, 1.165) is 11.1 Å². The summed E-state index contributed by atoms with van der Waals surface area (Å²) in [4.78, 5) is 53.8. The second-order valence-corrected chi connectivity index (χ2v) is 10.6. The molecule has 0 saturated heterocycles. The summed E-state index contributed by atoms with van der Waals surface area (Å²) in [5.41, 5.74) is 2.13. The SMILES string of the molecule is CSCC[C@H](NC(=O)CCCNc1ccccn1)C(=O)NC(CC(=O)OC(=O)C(F)(F)F)c1ccc(-c2ccccc2)cc1. The third kappa shape index (κ3) is 11.4. The molecule has 0 aliphatic carbocycles. The smallest absolute Gasteiger partial charge is 0.386 e. The van der Waals surface area contributed by atoms with Crippen LogP contribution in [0.1, 0.15) is 37.3 Å². The number of nitrogens with one attached hydrogen (secondary N) is 3. The van der Waals surface area contributed by atoms with Crippen LogP contribution < -0.4 is 16.0 Å². The summed E-state index contributed by atoms with van der Waals surface area (Å²) >= 11 is 1.46. The van der Waals surface area contributed by atoms with Crippen LogP contribution in [0.3, 0.4) is 0 Å². The molecule has 1 aromatic heterocycles. The van der Waals surface area contributed by atoms with Gasteiger partial charge in [-0.2, -0.15) is 24.9 Å². The van der Waals surface area contributed by atoms with Crippen LogP contribution in [0.4, 0.5) is 19.0 Å². The average Bonchev–Trinajstić information content (AvgIpc) is 3.01. The maximum atomic E-state index is 13.4. The summed E-state index contributed by atoms with van der Waals surface area (Å²) in [5.74, 6) is -3.91. The number of aromatic nitrogens is 1. The van der Waals surface area contributed by atoms with E-state index in [4.69, 9.17) is 0 Å². The van der Waals surface area contributed by atoms with E-state index in [9.17, 15) is 32.3 Å². The Morgan fingerprint density at radius 3 is 2.23 bits per heavy atom. The number of alkyl halides is 3. The van der Waals surface area contributed by atoms with E-state index in [2.05, 4.69) is 25.7 Å². The van der Waals surface area contributed by atoms with Crippen molar-refractivity contribution in [1.29, 1.82) is 0 Å². The largest absolute Gasteiger partial charge is 0.491 e. The van der Waals surface area contributed by atoms with Crippen LogP contribution in [0.2, 0.25) is 0 Å². The number of esters is 2. The second kappa shape index (κ2) is 17.0. The highest BCUT2D eigenvalue weighted by molar-refractivity contribution is 7.98. The molecule has 2 amide bonds. The van der Waals surface area contributed by atoms with Gasteiger partial charge >= 0.3 is 18.1 Å². The van der Waals surface area contributed by atoms with Gasteiger partial charge in [-0.3, -0.25) is 14.4 Å². The van der Waals surface area contributed by atoms with E-state index < -0.39 is 42.5 Å². The Hall–Kier alpha value is -4.39. The third-order valence-corrected chi connectivity index (χ3v) is 7.00. The molecule has 1 heterocycles. The predicted molar refractivity (Wildman–Crippen MR) is 161 cm³/mol. The Morgan fingerprint density at radius 1 is 0.909 bits per heavy atom. The predicted octanol–water partition coefficient (Wildman–Crippen LogP) is 5.06. The van der Waals surface area contributed by atoms with Gasteiger partial charge in [0.05, 0.1) is 12.5 Å². The maximum absolute atomic E-state index is 13.4. The normalized spacial score (nSPS) is 12.5. The number of amides is 2. The van der Waals surface area contributed by atoms with Crippen molar-refractivity contribution in [2.45, 2.75) is 43.9 Å². The highest BCUT2D eigenvalue weighted by Crippen LogP contribution is 2.25. The van der Waals surface area contributed by atoms with Gasteiger partial charge in [0, 0.05) is 19.2 Å². The number of hydrogen-bond acceptors (Lipinski definition) is 8. The number of benzene rings is 2. The van der Waals surface area contributed by atoms with Crippen molar-refractivity contribution < 1.29 is 37.1 Å². The van der Waals surface area contributed by atoms with Gasteiger partial charge in [-0.1, -0.05) is 60.7 Å². The number of carbonyl (C=O) groups is 4. The van der Waals surface area contributed by atoms with Crippen LogP contribution in [0, 0.1) is 0 Å². The molecule has 2 aromatic carbocycles. The molecule has 0 saturated carbocycles. The van der Waals surface area contributed by atoms with Gasteiger partial charge in [-0.15, -0.1) is 0 Å². The van der Waals surface area contributed by atoms with Crippen molar-refractivity contribution in [2.24, 2.45) is 0 Å². The van der Waals surface area contributed by atoms with E-state index in [1.54, 1.807) is 42.6 Å². The first-order valence-electron chi connectivity index (χ1n) is 13.8. The lowest BCUT2D eigenvalue weighted by atomic mass is 9.98. The van der Waals surface area contributed by atoms with Crippen molar-refractivity contribution in [1.82, 2.24) is 15.6 Å². The molecule has 3 N–H and O–H groups in total. The average molecular weight is 631 g/mol. The number of halogens is 3. The van der Waals surface area contributed by atoms with Crippen molar-refractivity contribution in [2.75, 3.05) is 23.9 Å². The van der Waals surface area contributed by atoms with E-state index in [1.807, 2.05) is 42.7 Å². The van der Waals surface area contributed by atoms with Gasteiger partial charge in [-0.25, -0.2) is 9.78 Å². The third-order valence-electron chi connectivity index (χ3n) is 6.36. The molecule has 3 aromatic rings. The summed E-state index contributed by atoms with van der Waals surface area (Å²) in [6.07, 6.45) is -1.77. The molecular formula is C31H33F3N4O5S. The number of anilines is 1. The lowest BCUT2D eigenvalue weighted by Crippen LogP contribution is -2.48. The number of thioether (sulfide) groups is 1. The number of ether oxygens (including phenoxy) is 1. The first-order valence-corrected chi connectivity index (χ1v) is 15.2. The molecule has 9 nitrogen and oxygen atoms in total. The van der Waals surface area contributed by atoms with Crippen molar-refractivity contribution in [3.05, 3.63) is 84.6 Å². The number of pyridine rings is 1. The van der Waals surface area contributed by atoms with Crippen molar-refractivity contribution in [3.8, 4) is 11.1 Å². The molecule has 0 aliphatic heterocycles. The van der Waals surface area contributed by atoms with Gasteiger partial charge < -0.3 is 20.7 Å². The summed E-state index contributed by atoms with van der Waals surface area (Å²) < 4.78 is 42.0. The molecule has 0 aliphatic rings. The summed E-state index contributed by atoms with van der Waals surface area (Å²) in [6.45, 7) is 0.478. The molecular weight excluding hydrogens is 597 g/mol. The Labute approximate surface area is 257 Å². The maximum Gasteiger partial charge on any atom is 0.491 e. The molecule has 0 bridgehead atoms. The van der Waals surface area contributed by atoms with E-state index in [0.29, 0.717) is 30.1 Å². The lowest BCUT2D eigenvalue weighted by Gasteiger charge is -2.24. The van der Waals surface area contributed by atoms with E-state index in [-0.39, 0.29) is 18.7 Å². The van der Waals surface area contributed by atoms with Gasteiger partial charge in [0.1, 0.15) is 11.9 Å². The van der Waals surface area contributed by atoms with Gasteiger partial charge in [-0.05, 0) is 53.7 Å². The molecule has 0 fully saturated rings. The molecule has 0 radical (unpaired) electrons. The summed E-state index contributed by atoms with van der Waals surface area (Å²) in [6, 6.07) is 19.4. The lowest BCUT2D eigenvalue weighted by molar-refractivity contribution is -0.202. The fourth-order valence-electron chi connectivity index (χ4n) is 4.14. The standard InChI is InChI=1S/C31H33F3N4O5S/c1-44-19-16-24(37-27(39)11-7-18-36-26-10-5-6-17-35-26)29(41)38-25(20-28(40)43-30(42)31(32,33)34)23-14-12-22(13-15-23)21-8-3-2-4-9-21/h2-6,8-10,12-15,17,24-25H,7,11,16,18-20H2,1H3,(H,35,36)(H,37,39)(H,38,41)/t24-,25?/m0/s1. The van der Waals surface area contributed by atoms with Crippen LogP contribution >= 0.6 is 11.8 Å². The first-order chi connectivity index (χ1) is 21.1. The molecule has 13 heteroatoms. The van der Waals surface area contributed by atoms with E-state index in [1.165, 1.54) is 11.8 Å². The number of hydrogen-bond donors (Lipinski definition) is 3. The van der Waals surface area contributed by atoms with Crippen molar-refractivity contribution in [3.63, 3.8) is 0 Å². The monoisotopic (exact) mass is 630 g/mol. The molecule has 44 heavy (non-hydrogen) atoms. The fourth-order valence-corrected chi connectivity index (χ4v) is 4.61. The van der Waals surface area contributed by atoms with Crippen LogP contribution in [-0.2, 0) is 23.9 Å². The summed E-state index contributed by atoms with van der Waals surface area (Å²) in [7, 11) is 0. The Bertz CT molecular complexity index is 1380. The van der Waals surface area contributed by atoms with Gasteiger partial charge in [0.15, 0.2) is 0 Å². The second-order valence-electron chi connectivity index (χ2n) is 9.66. The minimum absolute atomic E-state index is 0.124. The molecule has 234 valence electrons. The first kappa shape index (κ1) is 34.1. The van der Waals surface area contributed by atoms with Crippen LogP contribution in [0.5, 0.6) is 0 Å². The number of carbonyl (C=O) groups excluding carboxylic acids is 4. The van der Waals surface area contributed by atoms with E-state index >= 15 is 0 Å². The highest BCUT2D eigenvalue weighted by Gasteiger charge is 2.42. The van der Waals surface area contributed by atoms with Crippen LogP contribution in [-0.4, -0.2) is 59.5 Å². The van der Waals surface area contributed by atoms with Gasteiger partial charge in [0.2, 0.25) is 11.8 Å². The molecule has 1 unspecified atom stereocenters. The van der Waals surface area contributed by atoms with Crippen LogP contribution in [0.15, 0.2) is 79.0 Å². The minimum Gasteiger partial charge on any atom is -0.386 e. The zero-order chi connectivity index (χ0) is 32.0. The highest BCUT2D eigenvalue weighted by atomic mass is 32.2. The Morgan fingerprint density at radius 2 is 1.59 bits per heavy atom. The molecule has 3 rings (SSSR count). The minimum atomic E-state index is -5.36.